The molecular formula is C16H24N2O3. The maximum atomic E-state index is 11.4. The topological polar surface area (TPSA) is 54.7 Å². The molecule has 2 saturated heterocycles. The first-order valence-electron chi connectivity index (χ1n) is 7.89. The molecule has 0 radical (unpaired) electrons. The lowest BCUT2D eigenvalue weighted by Crippen LogP contribution is -2.43. The van der Waals surface area contributed by atoms with E-state index in [2.05, 4.69) is 15.0 Å². The number of esters is 1. The first-order chi connectivity index (χ1) is 10.3. The standard InChI is InChI=1S/C16H24N2O3/c1-20-16(19)15-7-6-13(21-15)11-18-9-3-4-12(10-18)14-5-2-8-17-14/h6-7,12,14,17H,2-5,8-11H2,1H3. The molecule has 0 amide bonds. The largest absolute Gasteiger partial charge is 0.463 e. The Morgan fingerprint density at radius 2 is 2.33 bits per heavy atom. The lowest BCUT2D eigenvalue weighted by atomic mass is 9.90. The quantitative estimate of drug-likeness (QED) is 0.861. The number of hydrogen-bond donors (Lipinski definition) is 1. The number of ether oxygens (including phenoxy) is 1. The predicted octanol–water partition coefficient (Wildman–Crippen LogP) is 2.03. The number of methoxy groups -OCH3 is 1. The van der Waals surface area contributed by atoms with Crippen LogP contribution in [0.4, 0.5) is 0 Å². The van der Waals surface area contributed by atoms with Gasteiger partial charge in [0.1, 0.15) is 5.76 Å². The molecule has 116 valence electrons. The summed E-state index contributed by atoms with van der Waals surface area (Å²) in [5.74, 6) is 1.47. The molecule has 2 fully saturated rings. The molecule has 1 aromatic rings. The molecule has 21 heavy (non-hydrogen) atoms. The predicted molar refractivity (Wildman–Crippen MR) is 79.1 cm³/mol. The number of nitrogens with one attached hydrogen (secondary N) is 1. The van der Waals surface area contributed by atoms with Gasteiger partial charge in [0.2, 0.25) is 5.76 Å². The van der Waals surface area contributed by atoms with E-state index in [-0.39, 0.29) is 0 Å². The Balaban J connectivity index is 1.56. The molecule has 2 unspecified atom stereocenters. The van der Waals surface area contributed by atoms with Gasteiger partial charge in [-0.3, -0.25) is 4.90 Å². The zero-order valence-electron chi connectivity index (χ0n) is 12.6. The number of carbonyl (C=O) groups excluding carboxylic acids is 1. The van der Waals surface area contributed by atoms with Crippen LogP contribution < -0.4 is 5.32 Å². The van der Waals surface area contributed by atoms with Crippen LogP contribution in [0.5, 0.6) is 0 Å². The van der Waals surface area contributed by atoms with Crippen LogP contribution in [0.3, 0.4) is 0 Å². The Bertz CT molecular complexity index is 480. The average molecular weight is 292 g/mol. The molecule has 0 aromatic carbocycles. The van der Waals surface area contributed by atoms with Crippen molar-refractivity contribution in [3.63, 3.8) is 0 Å². The molecule has 0 bridgehead atoms. The van der Waals surface area contributed by atoms with Gasteiger partial charge in [0.15, 0.2) is 0 Å². The second-order valence-electron chi connectivity index (χ2n) is 6.10. The van der Waals surface area contributed by atoms with Crippen LogP contribution in [0.2, 0.25) is 0 Å². The van der Waals surface area contributed by atoms with Crippen molar-refractivity contribution in [3.05, 3.63) is 23.7 Å². The van der Waals surface area contributed by atoms with Crippen molar-refractivity contribution in [2.24, 2.45) is 5.92 Å². The maximum absolute atomic E-state index is 11.4. The third-order valence-electron chi connectivity index (χ3n) is 4.64. The fraction of sp³-hybridized carbons (Fsp3) is 0.688. The highest BCUT2D eigenvalue weighted by Crippen LogP contribution is 2.26. The third-order valence-corrected chi connectivity index (χ3v) is 4.64. The summed E-state index contributed by atoms with van der Waals surface area (Å²) >= 11 is 0. The first kappa shape index (κ1) is 14.6. The highest BCUT2D eigenvalue weighted by atomic mass is 16.5. The molecule has 3 rings (SSSR count). The Kier molecular flexibility index (Phi) is 4.60. The normalized spacial score (nSPS) is 26.9. The lowest BCUT2D eigenvalue weighted by Gasteiger charge is -2.35. The van der Waals surface area contributed by atoms with Crippen molar-refractivity contribution >= 4 is 5.97 Å². The van der Waals surface area contributed by atoms with Gasteiger partial charge < -0.3 is 14.5 Å². The van der Waals surface area contributed by atoms with Crippen molar-refractivity contribution in [2.45, 2.75) is 38.3 Å². The van der Waals surface area contributed by atoms with Gasteiger partial charge in [0.25, 0.3) is 0 Å². The minimum atomic E-state index is -0.409. The number of carbonyl (C=O) groups is 1. The summed E-state index contributed by atoms with van der Waals surface area (Å²) in [5, 5.41) is 3.63. The summed E-state index contributed by atoms with van der Waals surface area (Å²) in [6.45, 7) is 4.17. The number of likely N-dealkylation sites (tertiary alicyclic amines) is 1. The Morgan fingerprint density at radius 3 is 3.10 bits per heavy atom. The Morgan fingerprint density at radius 1 is 1.43 bits per heavy atom. The van der Waals surface area contributed by atoms with E-state index in [9.17, 15) is 4.79 Å². The minimum absolute atomic E-state index is 0.290. The fourth-order valence-corrected chi connectivity index (χ4v) is 3.57. The number of rotatable bonds is 4. The van der Waals surface area contributed by atoms with Gasteiger partial charge in [-0.25, -0.2) is 4.79 Å². The Labute approximate surface area is 125 Å². The average Bonchev–Trinajstić information content (AvgIpc) is 3.18. The van der Waals surface area contributed by atoms with E-state index in [1.54, 1.807) is 6.07 Å². The summed E-state index contributed by atoms with van der Waals surface area (Å²) in [6.07, 6.45) is 5.18. The first-order valence-corrected chi connectivity index (χ1v) is 7.89. The number of furan rings is 1. The molecule has 0 spiro atoms. The molecular weight excluding hydrogens is 268 g/mol. The second kappa shape index (κ2) is 6.62. The molecule has 2 aliphatic heterocycles. The van der Waals surface area contributed by atoms with Crippen LogP contribution in [-0.2, 0) is 11.3 Å². The summed E-state index contributed by atoms with van der Waals surface area (Å²) in [4.78, 5) is 13.8. The van der Waals surface area contributed by atoms with E-state index < -0.39 is 5.97 Å². The molecule has 5 nitrogen and oxygen atoms in total. The van der Waals surface area contributed by atoms with E-state index in [1.807, 2.05) is 6.07 Å². The highest BCUT2D eigenvalue weighted by molar-refractivity contribution is 5.86. The van der Waals surface area contributed by atoms with Crippen LogP contribution in [0.15, 0.2) is 16.5 Å². The van der Waals surface area contributed by atoms with Gasteiger partial charge in [-0.2, -0.15) is 0 Å². The molecule has 0 aliphatic carbocycles. The van der Waals surface area contributed by atoms with E-state index in [4.69, 9.17) is 4.42 Å². The summed E-state index contributed by atoms with van der Waals surface area (Å²) < 4.78 is 10.2. The summed E-state index contributed by atoms with van der Waals surface area (Å²) in [6, 6.07) is 4.26. The van der Waals surface area contributed by atoms with E-state index in [0.29, 0.717) is 11.8 Å². The summed E-state index contributed by atoms with van der Waals surface area (Å²) in [7, 11) is 1.37. The fourth-order valence-electron chi connectivity index (χ4n) is 3.57. The van der Waals surface area contributed by atoms with Crippen LogP contribution in [0, 0.1) is 5.92 Å². The molecule has 2 aliphatic rings. The summed E-state index contributed by atoms with van der Waals surface area (Å²) in [5.41, 5.74) is 0. The minimum Gasteiger partial charge on any atom is -0.463 e. The third kappa shape index (κ3) is 3.47. The SMILES string of the molecule is COC(=O)c1ccc(CN2CCCC(C3CCCN3)C2)o1. The number of hydrogen-bond acceptors (Lipinski definition) is 5. The van der Waals surface area contributed by atoms with E-state index in [1.165, 1.54) is 39.3 Å². The molecule has 1 aromatic heterocycles. The smallest absolute Gasteiger partial charge is 0.373 e. The molecule has 3 heterocycles. The molecule has 2 atom stereocenters. The van der Waals surface area contributed by atoms with Crippen molar-refractivity contribution in [2.75, 3.05) is 26.7 Å². The molecule has 0 saturated carbocycles. The van der Waals surface area contributed by atoms with Gasteiger partial charge in [-0.05, 0) is 56.8 Å². The van der Waals surface area contributed by atoms with Gasteiger partial charge in [0.05, 0.1) is 13.7 Å². The van der Waals surface area contributed by atoms with Crippen molar-refractivity contribution in [3.8, 4) is 0 Å². The lowest BCUT2D eigenvalue weighted by molar-refractivity contribution is 0.0559. The number of piperidine rings is 1. The van der Waals surface area contributed by atoms with Gasteiger partial charge in [-0.1, -0.05) is 0 Å². The highest BCUT2D eigenvalue weighted by Gasteiger charge is 2.29. The van der Waals surface area contributed by atoms with Crippen molar-refractivity contribution in [1.29, 1.82) is 0 Å². The van der Waals surface area contributed by atoms with Crippen molar-refractivity contribution in [1.82, 2.24) is 10.2 Å². The van der Waals surface area contributed by atoms with Crippen LogP contribution in [0.1, 0.15) is 42.0 Å². The maximum Gasteiger partial charge on any atom is 0.373 e. The van der Waals surface area contributed by atoms with Crippen LogP contribution in [0.25, 0.3) is 0 Å². The van der Waals surface area contributed by atoms with E-state index in [0.717, 1.165) is 31.3 Å². The zero-order chi connectivity index (χ0) is 14.7. The van der Waals surface area contributed by atoms with Crippen LogP contribution >= 0.6 is 0 Å². The van der Waals surface area contributed by atoms with Gasteiger partial charge in [0, 0.05) is 12.6 Å². The Hall–Kier alpha value is -1.33. The molecule has 1 N–H and O–H groups in total. The van der Waals surface area contributed by atoms with Crippen LogP contribution in [-0.4, -0.2) is 43.7 Å². The monoisotopic (exact) mass is 292 g/mol. The van der Waals surface area contributed by atoms with E-state index >= 15 is 0 Å². The number of nitrogens with zero attached hydrogens (tertiary/aromatic N) is 1. The van der Waals surface area contributed by atoms with Gasteiger partial charge >= 0.3 is 5.97 Å². The second-order valence-corrected chi connectivity index (χ2v) is 6.10. The van der Waals surface area contributed by atoms with Crippen molar-refractivity contribution < 1.29 is 13.9 Å². The zero-order valence-corrected chi connectivity index (χ0v) is 12.6. The molecule has 5 heteroatoms. The van der Waals surface area contributed by atoms with Gasteiger partial charge in [-0.15, -0.1) is 0 Å².